The van der Waals surface area contributed by atoms with Crippen molar-refractivity contribution in [1.29, 1.82) is 0 Å². The molecule has 0 aliphatic carbocycles. The Bertz CT molecular complexity index is 417. The van der Waals surface area contributed by atoms with Gasteiger partial charge in [-0.25, -0.2) is 0 Å². The second-order valence-electron chi connectivity index (χ2n) is 4.98. The van der Waals surface area contributed by atoms with Crippen LogP contribution in [0.15, 0.2) is 24.3 Å². The molecule has 3 heteroatoms. The largest absolute Gasteiger partial charge is 0.383 e. The van der Waals surface area contributed by atoms with E-state index in [0.717, 1.165) is 43.7 Å². The first-order chi connectivity index (χ1) is 8.74. The zero-order chi connectivity index (χ0) is 13.0. The van der Waals surface area contributed by atoms with E-state index in [2.05, 4.69) is 12.2 Å². The smallest absolute Gasteiger partial charge is 0.229 e. The summed E-state index contributed by atoms with van der Waals surface area (Å²) in [7, 11) is 0. The summed E-state index contributed by atoms with van der Waals surface area (Å²) in [5.41, 5.74) is 2.11. The van der Waals surface area contributed by atoms with Crippen LogP contribution in [0.25, 0.3) is 0 Å². The molecule has 0 radical (unpaired) electrons. The summed E-state index contributed by atoms with van der Waals surface area (Å²) < 4.78 is 0. The number of fused-ring (bicyclic) bond motifs is 1. The molecule has 0 fully saturated rings. The zero-order valence-electron chi connectivity index (χ0n) is 11.3. The molecule has 1 aromatic rings. The van der Waals surface area contributed by atoms with Crippen molar-refractivity contribution in [2.24, 2.45) is 5.92 Å². The number of nitrogens with zero attached hydrogens (tertiary/aromatic N) is 1. The van der Waals surface area contributed by atoms with Gasteiger partial charge in [0.15, 0.2) is 0 Å². The van der Waals surface area contributed by atoms with Crippen molar-refractivity contribution < 1.29 is 4.79 Å². The number of amides is 1. The molecule has 0 spiro atoms. The molecule has 1 heterocycles. The summed E-state index contributed by atoms with van der Waals surface area (Å²) in [6, 6.07) is 8.08. The van der Waals surface area contributed by atoms with Crippen LogP contribution in [0.3, 0.4) is 0 Å². The second kappa shape index (κ2) is 5.89. The molecule has 1 aliphatic rings. The van der Waals surface area contributed by atoms with Crippen molar-refractivity contribution >= 4 is 17.3 Å². The van der Waals surface area contributed by atoms with E-state index >= 15 is 0 Å². The van der Waals surface area contributed by atoms with E-state index in [4.69, 9.17) is 0 Å². The molecule has 18 heavy (non-hydrogen) atoms. The van der Waals surface area contributed by atoms with Gasteiger partial charge in [-0.05, 0) is 25.0 Å². The third-order valence-corrected chi connectivity index (χ3v) is 3.48. The maximum Gasteiger partial charge on any atom is 0.229 e. The topological polar surface area (TPSA) is 32.3 Å². The fraction of sp³-hybridized carbons (Fsp3) is 0.533. The Labute approximate surface area is 109 Å². The van der Waals surface area contributed by atoms with E-state index in [1.54, 1.807) is 0 Å². The van der Waals surface area contributed by atoms with Gasteiger partial charge in [-0.15, -0.1) is 0 Å². The van der Waals surface area contributed by atoms with Crippen LogP contribution < -0.4 is 10.2 Å². The number of para-hydroxylation sites is 2. The lowest BCUT2D eigenvalue weighted by molar-refractivity contribution is -0.122. The van der Waals surface area contributed by atoms with Crippen molar-refractivity contribution in [2.45, 2.75) is 33.1 Å². The fourth-order valence-electron chi connectivity index (χ4n) is 2.49. The molecule has 1 N–H and O–H groups in total. The maximum absolute atomic E-state index is 12.5. The van der Waals surface area contributed by atoms with Gasteiger partial charge in [0.25, 0.3) is 0 Å². The van der Waals surface area contributed by atoms with Crippen molar-refractivity contribution in [3.8, 4) is 0 Å². The van der Waals surface area contributed by atoms with Gasteiger partial charge in [0, 0.05) is 19.0 Å². The highest BCUT2D eigenvalue weighted by molar-refractivity contribution is 5.98. The number of hydrogen-bond donors (Lipinski definition) is 1. The van der Waals surface area contributed by atoms with Crippen LogP contribution in [0.4, 0.5) is 11.4 Å². The molecule has 1 atom stereocenters. The molecule has 3 nitrogen and oxygen atoms in total. The minimum atomic E-state index is 0.112. The SMILES string of the molecule is CCCC(C)C(=O)N1CCCNc2ccccc21. The van der Waals surface area contributed by atoms with E-state index in [1.165, 1.54) is 0 Å². The standard InChI is InChI=1S/C15H22N2O/c1-3-7-12(2)15(18)17-11-6-10-16-13-8-4-5-9-14(13)17/h4-5,8-9,12,16H,3,6-7,10-11H2,1-2H3. The monoisotopic (exact) mass is 246 g/mol. The maximum atomic E-state index is 12.5. The highest BCUT2D eigenvalue weighted by Gasteiger charge is 2.24. The number of carbonyl (C=O) groups excluding carboxylic acids is 1. The van der Waals surface area contributed by atoms with Crippen molar-refractivity contribution in [3.63, 3.8) is 0 Å². The van der Waals surface area contributed by atoms with Crippen LogP contribution in [0.2, 0.25) is 0 Å². The lowest BCUT2D eigenvalue weighted by atomic mass is 10.0. The second-order valence-corrected chi connectivity index (χ2v) is 4.98. The third-order valence-electron chi connectivity index (χ3n) is 3.48. The van der Waals surface area contributed by atoms with Crippen molar-refractivity contribution in [2.75, 3.05) is 23.3 Å². The molecule has 0 saturated carbocycles. The molecule has 1 amide bonds. The van der Waals surface area contributed by atoms with Gasteiger partial charge in [-0.1, -0.05) is 32.4 Å². The number of anilines is 2. The quantitative estimate of drug-likeness (QED) is 0.887. The number of benzene rings is 1. The molecule has 1 aromatic carbocycles. The summed E-state index contributed by atoms with van der Waals surface area (Å²) in [5, 5.41) is 3.39. The predicted octanol–water partition coefficient (Wildman–Crippen LogP) is 3.27. The summed E-state index contributed by atoms with van der Waals surface area (Å²) in [6.45, 7) is 5.91. The van der Waals surface area contributed by atoms with Gasteiger partial charge in [-0.3, -0.25) is 4.79 Å². The van der Waals surface area contributed by atoms with Crippen LogP contribution in [-0.4, -0.2) is 19.0 Å². The Kier molecular flexibility index (Phi) is 4.24. The fourth-order valence-corrected chi connectivity index (χ4v) is 2.49. The number of nitrogens with one attached hydrogen (secondary N) is 1. The van der Waals surface area contributed by atoms with E-state index < -0.39 is 0 Å². The van der Waals surface area contributed by atoms with E-state index in [0.29, 0.717) is 0 Å². The van der Waals surface area contributed by atoms with Crippen LogP contribution in [0, 0.1) is 5.92 Å². The average Bonchev–Trinajstić information content (AvgIpc) is 2.60. The van der Waals surface area contributed by atoms with Gasteiger partial charge in [-0.2, -0.15) is 0 Å². The Morgan fingerprint density at radius 2 is 2.22 bits per heavy atom. The highest BCUT2D eigenvalue weighted by atomic mass is 16.2. The molecule has 1 aliphatic heterocycles. The van der Waals surface area contributed by atoms with E-state index in [1.807, 2.05) is 36.1 Å². The van der Waals surface area contributed by atoms with Gasteiger partial charge in [0.2, 0.25) is 5.91 Å². The Morgan fingerprint density at radius 1 is 1.44 bits per heavy atom. The Morgan fingerprint density at radius 3 is 3.00 bits per heavy atom. The number of carbonyl (C=O) groups is 1. The van der Waals surface area contributed by atoms with Crippen LogP contribution in [0.1, 0.15) is 33.1 Å². The van der Waals surface area contributed by atoms with Crippen LogP contribution in [-0.2, 0) is 4.79 Å². The van der Waals surface area contributed by atoms with Crippen LogP contribution in [0.5, 0.6) is 0 Å². The molecule has 0 saturated heterocycles. The molecule has 2 rings (SSSR count). The zero-order valence-corrected chi connectivity index (χ0v) is 11.3. The molecule has 98 valence electrons. The van der Waals surface area contributed by atoms with Crippen molar-refractivity contribution in [3.05, 3.63) is 24.3 Å². The Balaban J connectivity index is 2.24. The highest BCUT2D eigenvalue weighted by Crippen LogP contribution is 2.29. The molecule has 0 bridgehead atoms. The van der Waals surface area contributed by atoms with Gasteiger partial charge in [0.05, 0.1) is 11.4 Å². The molecule has 0 aromatic heterocycles. The predicted molar refractivity (Wildman–Crippen MR) is 76.0 cm³/mol. The van der Waals surface area contributed by atoms with Gasteiger partial charge >= 0.3 is 0 Å². The van der Waals surface area contributed by atoms with Crippen molar-refractivity contribution in [1.82, 2.24) is 0 Å². The number of rotatable bonds is 3. The first-order valence-electron chi connectivity index (χ1n) is 6.88. The summed E-state index contributed by atoms with van der Waals surface area (Å²) in [5.74, 6) is 0.370. The van der Waals surface area contributed by atoms with Gasteiger partial charge in [0.1, 0.15) is 0 Å². The van der Waals surface area contributed by atoms with Crippen LogP contribution >= 0.6 is 0 Å². The number of hydrogen-bond acceptors (Lipinski definition) is 2. The minimum absolute atomic E-state index is 0.112. The average molecular weight is 246 g/mol. The first-order valence-corrected chi connectivity index (χ1v) is 6.88. The molecular formula is C15H22N2O. The molecule has 1 unspecified atom stereocenters. The van der Waals surface area contributed by atoms with E-state index in [-0.39, 0.29) is 11.8 Å². The minimum Gasteiger partial charge on any atom is -0.383 e. The molecular weight excluding hydrogens is 224 g/mol. The lowest BCUT2D eigenvalue weighted by Crippen LogP contribution is -2.35. The first kappa shape index (κ1) is 12.9. The van der Waals surface area contributed by atoms with Gasteiger partial charge < -0.3 is 10.2 Å². The third kappa shape index (κ3) is 2.66. The Hall–Kier alpha value is -1.51. The normalized spacial score (nSPS) is 16.4. The summed E-state index contributed by atoms with van der Waals surface area (Å²) >= 11 is 0. The summed E-state index contributed by atoms with van der Waals surface area (Å²) in [6.07, 6.45) is 3.02. The lowest BCUT2D eigenvalue weighted by Gasteiger charge is -2.25. The van der Waals surface area contributed by atoms with E-state index in [9.17, 15) is 4.79 Å². The summed E-state index contributed by atoms with van der Waals surface area (Å²) in [4.78, 5) is 14.5.